The number of hydrogen-bond acceptors (Lipinski definition) is 2. The van der Waals surface area contributed by atoms with Gasteiger partial charge in [-0.15, -0.1) is 0 Å². The zero-order chi connectivity index (χ0) is 12.3. The summed E-state index contributed by atoms with van der Waals surface area (Å²) in [4.78, 5) is 11.7. The molecule has 0 aliphatic carbocycles. The quantitative estimate of drug-likeness (QED) is 0.756. The fraction of sp³-hybridized carbons (Fsp3) is 0.417. The van der Waals surface area contributed by atoms with Crippen LogP contribution in [-0.2, 0) is 0 Å². The molecule has 88 valence electrons. The number of nitrogen functional groups attached to an aromatic ring is 1. The first kappa shape index (κ1) is 12.5. The number of carbonyl (C=O) groups excluding carboxylic acids is 1. The molecule has 0 bridgehead atoms. The van der Waals surface area contributed by atoms with E-state index in [9.17, 15) is 9.18 Å². The van der Waals surface area contributed by atoms with Crippen LogP contribution >= 0.6 is 0 Å². The fourth-order valence-corrected chi connectivity index (χ4v) is 1.17. The lowest BCUT2D eigenvalue weighted by molar-refractivity contribution is 0.0940. The second-order valence-corrected chi connectivity index (χ2v) is 4.97. The van der Waals surface area contributed by atoms with Crippen LogP contribution in [0.3, 0.4) is 0 Å². The van der Waals surface area contributed by atoms with Crippen LogP contribution in [0, 0.1) is 11.2 Å². The van der Waals surface area contributed by atoms with Crippen molar-refractivity contribution in [3.63, 3.8) is 0 Å². The number of carbonyl (C=O) groups is 1. The van der Waals surface area contributed by atoms with Crippen LogP contribution in [0.15, 0.2) is 18.2 Å². The predicted octanol–water partition coefficient (Wildman–Crippen LogP) is 2.18. The van der Waals surface area contributed by atoms with Crippen molar-refractivity contribution >= 4 is 11.6 Å². The molecular formula is C12H17FN2O. The van der Waals surface area contributed by atoms with Gasteiger partial charge < -0.3 is 11.1 Å². The summed E-state index contributed by atoms with van der Waals surface area (Å²) in [5.74, 6) is -0.804. The molecule has 3 N–H and O–H groups in total. The summed E-state index contributed by atoms with van der Waals surface area (Å²) in [6.45, 7) is 6.52. The lowest BCUT2D eigenvalue weighted by atomic mass is 9.97. The first-order chi connectivity index (χ1) is 7.29. The van der Waals surface area contributed by atoms with Gasteiger partial charge in [0, 0.05) is 12.2 Å². The summed E-state index contributed by atoms with van der Waals surface area (Å²) in [7, 11) is 0. The monoisotopic (exact) mass is 224 g/mol. The van der Waals surface area contributed by atoms with Gasteiger partial charge in [-0.25, -0.2) is 4.39 Å². The number of benzene rings is 1. The van der Waals surface area contributed by atoms with Crippen LogP contribution in [-0.4, -0.2) is 12.5 Å². The van der Waals surface area contributed by atoms with Gasteiger partial charge in [0.2, 0.25) is 0 Å². The Bertz CT molecular complexity index is 396. The standard InChI is InChI=1S/C12H17FN2O/c1-12(2,3)7-15-11(16)9-6-8(13)4-5-10(9)14/h4-6H,7,14H2,1-3H3,(H,15,16). The molecule has 1 aromatic rings. The van der Waals surface area contributed by atoms with Crippen LogP contribution in [0.2, 0.25) is 0 Å². The molecule has 4 heteroatoms. The van der Waals surface area contributed by atoms with Gasteiger partial charge in [0.25, 0.3) is 5.91 Å². The molecule has 0 spiro atoms. The van der Waals surface area contributed by atoms with E-state index in [1.807, 2.05) is 20.8 Å². The second kappa shape index (κ2) is 4.51. The third kappa shape index (κ3) is 3.53. The smallest absolute Gasteiger partial charge is 0.253 e. The summed E-state index contributed by atoms with van der Waals surface area (Å²) in [6, 6.07) is 3.77. The Morgan fingerprint density at radius 1 is 1.44 bits per heavy atom. The molecule has 0 aromatic heterocycles. The number of nitrogens with two attached hydrogens (primary N) is 1. The van der Waals surface area contributed by atoms with Crippen molar-refractivity contribution in [1.82, 2.24) is 5.32 Å². The Balaban J connectivity index is 2.77. The maximum atomic E-state index is 12.9. The maximum absolute atomic E-state index is 12.9. The highest BCUT2D eigenvalue weighted by atomic mass is 19.1. The first-order valence-corrected chi connectivity index (χ1v) is 5.13. The van der Waals surface area contributed by atoms with E-state index < -0.39 is 5.82 Å². The third-order valence-electron chi connectivity index (χ3n) is 2.04. The molecule has 0 atom stereocenters. The van der Waals surface area contributed by atoms with Crippen molar-refractivity contribution in [2.75, 3.05) is 12.3 Å². The summed E-state index contributed by atoms with van der Waals surface area (Å²) >= 11 is 0. The number of halogens is 1. The average Bonchev–Trinajstić information content (AvgIpc) is 2.17. The molecule has 1 rings (SSSR count). The highest BCUT2D eigenvalue weighted by Gasteiger charge is 2.15. The van der Waals surface area contributed by atoms with Crippen molar-refractivity contribution in [3.8, 4) is 0 Å². The first-order valence-electron chi connectivity index (χ1n) is 5.13. The van der Waals surface area contributed by atoms with Crippen LogP contribution < -0.4 is 11.1 Å². The molecule has 0 saturated carbocycles. The summed E-state index contributed by atoms with van der Waals surface area (Å²) in [6.07, 6.45) is 0. The van der Waals surface area contributed by atoms with Crippen LogP contribution in [0.5, 0.6) is 0 Å². The minimum absolute atomic E-state index is 0.0161. The molecule has 1 aromatic carbocycles. The average molecular weight is 224 g/mol. The minimum atomic E-state index is -0.463. The summed E-state index contributed by atoms with van der Waals surface area (Å²) in [5, 5.41) is 2.72. The number of rotatable bonds is 2. The van der Waals surface area contributed by atoms with Gasteiger partial charge >= 0.3 is 0 Å². The number of amides is 1. The highest BCUT2D eigenvalue weighted by molar-refractivity contribution is 5.99. The molecule has 0 heterocycles. The maximum Gasteiger partial charge on any atom is 0.253 e. The zero-order valence-electron chi connectivity index (χ0n) is 9.80. The molecular weight excluding hydrogens is 207 g/mol. The molecule has 3 nitrogen and oxygen atoms in total. The molecule has 0 fully saturated rings. The Kier molecular flexibility index (Phi) is 3.52. The molecule has 0 radical (unpaired) electrons. The van der Waals surface area contributed by atoms with Gasteiger partial charge in [0.05, 0.1) is 5.56 Å². The topological polar surface area (TPSA) is 55.1 Å². The van der Waals surface area contributed by atoms with Crippen molar-refractivity contribution in [2.24, 2.45) is 5.41 Å². The minimum Gasteiger partial charge on any atom is -0.398 e. The number of hydrogen-bond donors (Lipinski definition) is 2. The van der Waals surface area contributed by atoms with E-state index in [4.69, 9.17) is 5.73 Å². The van der Waals surface area contributed by atoms with Gasteiger partial charge in [0.1, 0.15) is 5.82 Å². The molecule has 16 heavy (non-hydrogen) atoms. The molecule has 1 amide bonds. The van der Waals surface area contributed by atoms with E-state index in [1.54, 1.807) is 0 Å². The number of anilines is 1. The van der Waals surface area contributed by atoms with Gasteiger partial charge in [-0.1, -0.05) is 20.8 Å². The zero-order valence-corrected chi connectivity index (χ0v) is 9.80. The van der Waals surface area contributed by atoms with Crippen molar-refractivity contribution in [1.29, 1.82) is 0 Å². The van der Waals surface area contributed by atoms with E-state index in [-0.39, 0.29) is 22.6 Å². The van der Waals surface area contributed by atoms with E-state index >= 15 is 0 Å². The largest absolute Gasteiger partial charge is 0.398 e. The van der Waals surface area contributed by atoms with Gasteiger partial charge in [-0.05, 0) is 23.6 Å². The van der Waals surface area contributed by atoms with Crippen LogP contribution in [0.25, 0.3) is 0 Å². The lowest BCUT2D eigenvalue weighted by Gasteiger charge is -2.19. The molecule has 0 aliphatic heterocycles. The number of nitrogens with one attached hydrogen (secondary N) is 1. The summed E-state index contributed by atoms with van der Waals surface area (Å²) in [5.41, 5.74) is 6.06. The molecule has 0 aliphatic rings. The van der Waals surface area contributed by atoms with Crippen molar-refractivity contribution in [2.45, 2.75) is 20.8 Å². The SMILES string of the molecule is CC(C)(C)CNC(=O)c1cc(F)ccc1N. The van der Waals surface area contributed by atoms with Crippen LogP contribution in [0.1, 0.15) is 31.1 Å². The Labute approximate surface area is 94.8 Å². The van der Waals surface area contributed by atoms with E-state index in [0.29, 0.717) is 6.54 Å². The normalized spacial score (nSPS) is 11.2. The Morgan fingerprint density at radius 2 is 2.06 bits per heavy atom. The van der Waals surface area contributed by atoms with Gasteiger partial charge in [-0.2, -0.15) is 0 Å². The van der Waals surface area contributed by atoms with E-state index in [0.717, 1.165) is 6.07 Å². The lowest BCUT2D eigenvalue weighted by Crippen LogP contribution is -2.32. The highest BCUT2D eigenvalue weighted by Crippen LogP contribution is 2.15. The molecule has 0 saturated heterocycles. The van der Waals surface area contributed by atoms with Gasteiger partial charge in [0.15, 0.2) is 0 Å². The molecule has 0 unspecified atom stereocenters. The van der Waals surface area contributed by atoms with E-state index in [1.165, 1.54) is 12.1 Å². The summed E-state index contributed by atoms with van der Waals surface area (Å²) < 4.78 is 12.9. The van der Waals surface area contributed by atoms with Crippen molar-refractivity contribution in [3.05, 3.63) is 29.6 Å². The fourth-order valence-electron chi connectivity index (χ4n) is 1.17. The van der Waals surface area contributed by atoms with Crippen LogP contribution in [0.4, 0.5) is 10.1 Å². The Hall–Kier alpha value is -1.58. The van der Waals surface area contributed by atoms with Gasteiger partial charge in [-0.3, -0.25) is 4.79 Å². The second-order valence-electron chi connectivity index (χ2n) is 4.97. The van der Waals surface area contributed by atoms with Crippen molar-refractivity contribution < 1.29 is 9.18 Å². The van der Waals surface area contributed by atoms with E-state index in [2.05, 4.69) is 5.32 Å². The predicted molar refractivity (Wildman–Crippen MR) is 62.6 cm³/mol. The third-order valence-corrected chi connectivity index (χ3v) is 2.04. The Morgan fingerprint density at radius 3 is 2.62 bits per heavy atom.